The maximum absolute atomic E-state index is 12.0. The molecule has 0 amide bonds. The van der Waals surface area contributed by atoms with E-state index in [-0.39, 0.29) is 30.5 Å². The lowest BCUT2D eigenvalue weighted by Gasteiger charge is -2.29. The van der Waals surface area contributed by atoms with E-state index in [1.807, 2.05) is 11.8 Å². The fraction of sp³-hybridized carbons (Fsp3) is 0.857. The van der Waals surface area contributed by atoms with Gasteiger partial charge in [-0.15, -0.1) is 11.8 Å². The van der Waals surface area contributed by atoms with Gasteiger partial charge in [-0.3, -0.25) is 9.59 Å². The molecule has 1 aliphatic heterocycles. The maximum Gasteiger partial charge on any atom is 0.306 e. The first-order valence-electron chi connectivity index (χ1n) is 20.5. The fourth-order valence-corrected chi connectivity index (χ4v) is 7.92. The van der Waals surface area contributed by atoms with Crippen LogP contribution in [-0.2, 0) is 19.1 Å². The second kappa shape index (κ2) is 32.9. The predicted molar refractivity (Wildman–Crippen MR) is 207 cm³/mol. The van der Waals surface area contributed by atoms with Crippen molar-refractivity contribution in [3.63, 3.8) is 0 Å². The molecule has 280 valence electrons. The number of carbonyl (C=O) groups excluding carboxylic acids is 1. The summed E-state index contributed by atoms with van der Waals surface area (Å²) < 4.78 is 12.0. The van der Waals surface area contributed by atoms with Gasteiger partial charge in [0.2, 0.25) is 0 Å². The number of hydrogen-bond acceptors (Lipinski definition) is 5. The summed E-state index contributed by atoms with van der Waals surface area (Å²) in [4.78, 5) is 22.6. The van der Waals surface area contributed by atoms with Crippen LogP contribution in [0, 0.1) is 0 Å². The molecule has 1 rings (SSSR count). The number of unbranched alkanes of at least 4 members (excludes halogenated alkanes) is 22. The van der Waals surface area contributed by atoms with E-state index in [4.69, 9.17) is 14.6 Å². The second-order valence-electron chi connectivity index (χ2n) is 14.2. The van der Waals surface area contributed by atoms with Gasteiger partial charge in [-0.05, 0) is 77.0 Å². The number of esters is 1. The van der Waals surface area contributed by atoms with E-state index in [1.165, 1.54) is 167 Å². The largest absolute Gasteiger partial charge is 0.481 e. The Hall–Kier alpha value is -1.27. The third kappa shape index (κ3) is 27.5. The van der Waals surface area contributed by atoms with E-state index >= 15 is 0 Å². The molecule has 1 saturated heterocycles. The molecule has 1 aliphatic rings. The number of hydrogen-bond donors (Lipinski definition) is 1. The molecule has 1 unspecified atom stereocenters. The number of ether oxygens (including phenoxy) is 2. The Kier molecular flexibility index (Phi) is 30.7. The molecule has 1 heterocycles. The molecular formula is C42H76O5S. The van der Waals surface area contributed by atoms with E-state index < -0.39 is 11.9 Å². The van der Waals surface area contributed by atoms with E-state index in [2.05, 4.69) is 38.2 Å². The third-order valence-corrected chi connectivity index (χ3v) is 11.1. The van der Waals surface area contributed by atoms with Crippen LogP contribution in [0.1, 0.15) is 206 Å². The van der Waals surface area contributed by atoms with E-state index in [0.717, 1.165) is 18.6 Å². The predicted octanol–water partition coefficient (Wildman–Crippen LogP) is 13.3. The Balaban J connectivity index is 2.27. The van der Waals surface area contributed by atoms with Gasteiger partial charge in [-0.25, -0.2) is 0 Å². The molecule has 0 bridgehead atoms. The number of thioether (sulfide) groups is 1. The molecule has 48 heavy (non-hydrogen) atoms. The molecular weight excluding hydrogens is 617 g/mol. The maximum atomic E-state index is 12.0. The first kappa shape index (κ1) is 44.8. The number of carboxylic acids is 1. The zero-order chi connectivity index (χ0) is 34.8. The molecule has 0 radical (unpaired) electrons. The van der Waals surface area contributed by atoms with Gasteiger partial charge in [-0.1, -0.05) is 141 Å². The van der Waals surface area contributed by atoms with Crippen molar-refractivity contribution in [2.45, 2.75) is 218 Å². The first-order valence-corrected chi connectivity index (χ1v) is 21.5. The molecule has 0 saturated carbocycles. The number of aliphatic carboxylic acids is 1. The van der Waals surface area contributed by atoms with Crippen LogP contribution in [0.4, 0.5) is 0 Å². The number of rotatable bonds is 35. The topological polar surface area (TPSA) is 72.8 Å². The first-order chi connectivity index (χ1) is 23.5. The Morgan fingerprint density at radius 3 is 1.44 bits per heavy atom. The van der Waals surface area contributed by atoms with Crippen LogP contribution >= 0.6 is 11.8 Å². The van der Waals surface area contributed by atoms with Crippen LogP contribution in [0.25, 0.3) is 0 Å². The van der Waals surface area contributed by atoms with Crippen molar-refractivity contribution in [1.82, 2.24) is 0 Å². The van der Waals surface area contributed by atoms with Gasteiger partial charge in [0.25, 0.3) is 0 Å². The lowest BCUT2D eigenvalue weighted by Crippen LogP contribution is -2.29. The zero-order valence-electron chi connectivity index (χ0n) is 31.5. The van der Waals surface area contributed by atoms with Crippen LogP contribution in [0.5, 0.6) is 0 Å². The average molecular weight is 693 g/mol. The lowest BCUT2D eigenvalue weighted by atomic mass is 10.0. The molecule has 0 aliphatic carbocycles. The number of carboxylic acid groups (broad SMARTS) is 1. The van der Waals surface area contributed by atoms with Gasteiger partial charge >= 0.3 is 11.9 Å². The van der Waals surface area contributed by atoms with Gasteiger partial charge < -0.3 is 14.6 Å². The summed E-state index contributed by atoms with van der Waals surface area (Å²) >= 11 is 1.92. The van der Waals surface area contributed by atoms with Crippen LogP contribution < -0.4 is 0 Å². The van der Waals surface area contributed by atoms with Gasteiger partial charge in [0.1, 0.15) is 17.6 Å². The van der Waals surface area contributed by atoms with Gasteiger partial charge in [0.15, 0.2) is 0 Å². The standard InChI is InChI=1S/C42H76O5S/c1-3-5-7-9-11-13-15-17-19-21-23-25-27-29-31-35-42(47-39(38-48-42)37-46-41(45)34-33-40(43)44)36-32-30-28-26-24-22-20-18-16-14-12-10-8-6-4-2/h17-20,39H,3-16,21-38H2,1-2H3,(H,43,44)/b19-17-,20-18-. The van der Waals surface area contributed by atoms with Crippen molar-refractivity contribution in [2.75, 3.05) is 12.4 Å². The van der Waals surface area contributed by atoms with Gasteiger partial charge in [-0.2, -0.15) is 0 Å². The van der Waals surface area contributed by atoms with Crippen molar-refractivity contribution in [2.24, 2.45) is 0 Å². The Morgan fingerprint density at radius 2 is 1.02 bits per heavy atom. The number of carbonyl (C=O) groups is 2. The minimum atomic E-state index is -0.974. The monoisotopic (exact) mass is 693 g/mol. The minimum Gasteiger partial charge on any atom is -0.481 e. The van der Waals surface area contributed by atoms with Crippen molar-refractivity contribution in [3.05, 3.63) is 24.3 Å². The van der Waals surface area contributed by atoms with Crippen LogP contribution in [0.3, 0.4) is 0 Å². The summed E-state index contributed by atoms with van der Waals surface area (Å²) in [6.45, 7) is 4.78. The molecule has 6 heteroatoms. The highest BCUT2D eigenvalue weighted by Gasteiger charge is 2.40. The molecule has 0 spiro atoms. The highest BCUT2D eigenvalue weighted by molar-refractivity contribution is 8.00. The Labute approximate surface area is 301 Å². The SMILES string of the molecule is CCCCCCCC/C=C\CCCCCCCC1(CCCCCCC/C=C\CCCCCCCC)OC(COC(=O)CCC(=O)O)CS1. The molecule has 1 N–H and O–H groups in total. The van der Waals surface area contributed by atoms with Crippen LogP contribution in [0.15, 0.2) is 24.3 Å². The van der Waals surface area contributed by atoms with Crippen LogP contribution in [0.2, 0.25) is 0 Å². The molecule has 1 fully saturated rings. The Morgan fingerprint density at radius 1 is 0.625 bits per heavy atom. The molecule has 0 aromatic rings. The van der Waals surface area contributed by atoms with E-state index in [1.54, 1.807) is 0 Å². The van der Waals surface area contributed by atoms with E-state index in [9.17, 15) is 9.59 Å². The summed E-state index contributed by atoms with van der Waals surface area (Å²) in [6.07, 6.45) is 45.2. The smallest absolute Gasteiger partial charge is 0.306 e. The molecule has 5 nitrogen and oxygen atoms in total. The highest BCUT2D eigenvalue weighted by atomic mass is 32.2. The van der Waals surface area contributed by atoms with Crippen molar-refractivity contribution >= 4 is 23.7 Å². The van der Waals surface area contributed by atoms with Crippen LogP contribution in [-0.4, -0.2) is 40.4 Å². The second-order valence-corrected chi connectivity index (χ2v) is 15.6. The normalized spacial score (nSPS) is 16.0. The van der Waals surface area contributed by atoms with Crippen molar-refractivity contribution in [3.8, 4) is 0 Å². The third-order valence-electron chi connectivity index (χ3n) is 9.53. The summed E-state index contributed by atoms with van der Waals surface area (Å²) in [7, 11) is 0. The highest BCUT2D eigenvalue weighted by Crippen LogP contribution is 2.44. The number of allylic oxidation sites excluding steroid dienone is 4. The molecule has 0 aromatic carbocycles. The molecule has 0 aromatic heterocycles. The summed E-state index contributed by atoms with van der Waals surface area (Å²) in [6, 6.07) is 0. The quantitative estimate of drug-likeness (QED) is 0.0405. The van der Waals surface area contributed by atoms with Crippen molar-refractivity contribution in [1.29, 1.82) is 0 Å². The van der Waals surface area contributed by atoms with Gasteiger partial charge in [0, 0.05) is 5.75 Å². The lowest BCUT2D eigenvalue weighted by molar-refractivity contribution is -0.151. The van der Waals surface area contributed by atoms with Gasteiger partial charge in [0.05, 0.1) is 12.8 Å². The minimum absolute atomic E-state index is 0.0792. The summed E-state index contributed by atoms with van der Waals surface area (Å²) in [5, 5.41) is 8.83. The average Bonchev–Trinajstić information content (AvgIpc) is 3.49. The Bertz CT molecular complexity index is 770. The summed E-state index contributed by atoms with van der Waals surface area (Å²) in [5.74, 6) is -0.584. The van der Waals surface area contributed by atoms with Crippen molar-refractivity contribution < 1.29 is 24.2 Å². The zero-order valence-corrected chi connectivity index (χ0v) is 32.3. The fourth-order valence-electron chi connectivity index (χ4n) is 6.48. The molecule has 1 atom stereocenters. The summed E-state index contributed by atoms with van der Waals surface area (Å²) in [5.41, 5.74) is 0. The van der Waals surface area contributed by atoms with E-state index in [0.29, 0.717) is 0 Å².